The maximum absolute atomic E-state index is 12.6. The van der Waals surface area contributed by atoms with E-state index in [0.717, 1.165) is 39.8 Å². The van der Waals surface area contributed by atoms with Gasteiger partial charge in [0.15, 0.2) is 0 Å². The van der Waals surface area contributed by atoms with Gasteiger partial charge in [0.25, 0.3) is 5.91 Å². The van der Waals surface area contributed by atoms with E-state index in [1.165, 1.54) is 16.0 Å². The third-order valence-corrected chi connectivity index (χ3v) is 6.51. The van der Waals surface area contributed by atoms with E-state index >= 15 is 0 Å². The van der Waals surface area contributed by atoms with Crippen LogP contribution in [0.3, 0.4) is 0 Å². The number of aromatic nitrogens is 1. The highest BCUT2D eigenvalue weighted by molar-refractivity contribution is 7.26. The third-order valence-electron chi connectivity index (χ3n) is 4.23. The third kappa shape index (κ3) is 2.78. The Balaban J connectivity index is 1.58. The van der Waals surface area contributed by atoms with Gasteiger partial charge in [-0.15, -0.1) is 22.7 Å². The molecule has 1 aliphatic rings. The van der Waals surface area contributed by atoms with Gasteiger partial charge in [-0.3, -0.25) is 4.79 Å². The smallest absolute Gasteiger partial charge is 0.263 e. The molecule has 4 rings (SSSR count). The lowest BCUT2D eigenvalue weighted by molar-refractivity contribution is 0.0792. The van der Waals surface area contributed by atoms with Crippen LogP contribution in [0.15, 0.2) is 36.4 Å². The lowest BCUT2D eigenvalue weighted by Gasteiger charge is -2.14. The van der Waals surface area contributed by atoms with Gasteiger partial charge in [-0.05, 0) is 43.1 Å². The Bertz CT molecular complexity index is 821. The van der Waals surface area contributed by atoms with Gasteiger partial charge in [0.2, 0.25) is 0 Å². The van der Waals surface area contributed by atoms with E-state index in [-0.39, 0.29) is 5.91 Å². The number of carbonyl (C=O) groups is 1. The number of nitrogens with two attached hydrogens (primary N) is 1. The first-order chi connectivity index (χ1) is 11.2. The number of hydrogen-bond donors (Lipinski definition) is 1. The van der Waals surface area contributed by atoms with Crippen molar-refractivity contribution in [2.24, 2.45) is 11.7 Å². The predicted molar refractivity (Wildman–Crippen MR) is 96.0 cm³/mol. The summed E-state index contributed by atoms with van der Waals surface area (Å²) < 4.78 is 1.18. The highest BCUT2D eigenvalue weighted by atomic mass is 32.1. The number of nitrogens with zero attached hydrogens (tertiary/aromatic N) is 2. The highest BCUT2D eigenvalue weighted by Gasteiger charge is 2.27. The van der Waals surface area contributed by atoms with Crippen molar-refractivity contribution in [1.82, 2.24) is 9.88 Å². The Labute approximate surface area is 142 Å². The van der Waals surface area contributed by atoms with Crippen LogP contribution in [0.25, 0.3) is 20.1 Å². The van der Waals surface area contributed by atoms with E-state index in [0.29, 0.717) is 12.5 Å². The Morgan fingerprint density at radius 1 is 1.26 bits per heavy atom. The molecule has 1 saturated heterocycles. The molecule has 0 radical (unpaired) electrons. The molecule has 0 saturated carbocycles. The normalized spacial score (nSPS) is 18.0. The molecule has 1 atom stereocenters. The summed E-state index contributed by atoms with van der Waals surface area (Å²) in [5, 5.41) is 0.983. The maximum Gasteiger partial charge on any atom is 0.263 e. The molecule has 1 aromatic carbocycles. The fraction of sp³-hybridized carbons (Fsp3) is 0.294. The average molecular weight is 343 g/mol. The van der Waals surface area contributed by atoms with Gasteiger partial charge in [-0.1, -0.05) is 12.1 Å². The monoisotopic (exact) mass is 343 g/mol. The summed E-state index contributed by atoms with van der Waals surface area (Å²) >= 11 is 3.20. The number of thiophene rings is 1. The van der Waals surface area contributed by atoms with Crippen LogP contribution in [0.5, 0.6) is 0 Å². The SMILES string of the molecule is NCC1CCN(C(=O)c2ccc(-c3nc4ccccc4s3)s2)C1. The molecule has 0 spiro atoms. The number of amides is 1. The molecule has 6 heteroatoms. The molecule has 3 aromatic rings. The summed E-state index contributed by atoms with van der Waals surface area (Å²) in [6.45, 7) is 2.25. The first kappa shape index (κ1) is 14.8. The summed E-state index contributed by atoms with van der Waals surface area (Å²) in [6, 6.07) is 12.0. The number of fused-ring (bicyclic) bond motifs is 1. The summed E-state index contributed by atoms with van der Waals surface area (Å²) in [6.07, 6.45) is 1.01. The standard InChI is InChI=1S/C17H17N3OS2/c18-9-11-7-8-20(10-11)17(21)15-6-5-14(22-15)16-19-12-3-1-2-4-13(12)23-16/h1-6,11H,7-10,18H2. The average Bonchev–Trinajstić information content (AvgIpc) is 3.31. The number of hydrogen-bond acceptors (Lipinski definition) is 5. The zero-order valence-corrected chi connectivity index (χ0v) is 14.2. The topological polar surface area (TPSA) is 59.2 Å². The van der Waals surface area contributed by atoms with Crippen molar-refractivity contribution >= 4 is 38.8 Å². The van der Waals surface area contributed by atoms with Crippen molar-refractivity contribution in [2.75, 3.05) is 19.6 Å². The van der Waals surface area contributed by atoms with Crippen LogP contribution < -0.4 is 5.73 Å². The second kappa shape index (κ2) is 6.03. The molecule has 1 fully saturated rings. The number of thiazole rings is 1. The number of likely N-dealkylation sites (tertiary alicyclic amines) is 1. The number of carbonyl (C=O) groups excluding carboxylic acids is 1. The minimum atomic E-state index is 0.123. The van der Waals surface area contributed by atoms with Crippen molar-refractivity contribution in [3.63, 3.8) is 0 Å². The molecule has 118 valence electrons. The van der Waals surface area contributed by atoms with E-state index in [1.54, 1.807) is 11.3 Å². The van der Waals surface area contributed by atoms with Crippen molar-refractivity contribution in [3.05, 3.63) is 41.3 Å². The lowest BCUT2D eigenvalue weighted by Crippen LogP contribution is -2.29. The van der Waals surface area contributed by atoms with Gasteiger partial charge in [-0.2, -0.15) is 0 Å². The van der Waals surface area contributed by atoms with E-state index in [9.17, 15) is 4.79 Å². The minimum absolute atomic E-state index is 0.123. The second-order valence-electron chi connectivity index (χ2n) is 5.79. The van der Waals surface area contributed by atoms with Gasteiger partial charge in [-0.25, -0.2) is 4.98 Å². The van der Waals surface area contributed by atoms with Crippen molar-refractivity contribution in [1.29, 1.82) is 0 Å². The molecule has 2 aromatic heterocycles. The lowest BCUT2D eigenvalue weighted by atomic mass is 10.1. The largest absolute Gasteiger partial charge is 0.338 e. The van der Waals surface area contributed by atoms with Crippen LogP contribution >= 0.6 is 22.7 Å². The zero-order valence-electron chi connectivity index (χ0n) is 12.6. The number of rotatable bonds is 3. The maximum atomic E-state index is 12.6. The molecule has 1 aliphatic heterocycles. The van der Waals surface area contributed by atoms with Crippen LogP contribution in [0.2, 0.25) is 0 Å². The van der Waals surface area contributed by atoms with E-state index < -0.39 is 0 Å². The van der Waals surface area contributed by atoms with Gasteiger partial charge in [0.05, 0.1) is 20.0 Å². The van der Waals surface area contributed by atoms with Crippen molar-refractivity contribution in [2.45, 2.75) is 6.42 Å². The van der Waals surface area contributed by atoms with Gasteiger partial charge in [0, 0.05) is 13.1 Å². The molecule has 4 nitrogen and oxygen atoms in total. The van der Waals surface area contributed by atoms with Crippen LogP contribution in [0.1, 0.15) is 16.1 Å². The molecule has 23 heavy (non-hydrogen) atoms. The Kier molecular flexibility index (Phi) is 3.88. The molecule has 0 bridgehead atoms. The van der Waals surface area contributed by atoms with Gasteiger partial charge in [0.1, 0.15) is 5.01 Å². The molecule has 0 aliphatic carbocycles. The molecule has 2 N–H and O–H groups in total. The summed E-state index contributed by atoms with van der Waals surface area (Å²) in [7, 11) is 0. The number of para-hydroxylation sites is 1. The summed E-state index contributed by atoms with van der Waals surface area (Å²) in [5.74, 6) is 0.570. The van der Waals surface area contributed by atoms with Crippen LogP contribution in [0, 0.1) is 5.92 Å². The molecule has 1 amide bonds. The number of benzene rings is 1. The molecule has 3 heterocycles. The summed E-state index contributed by atoms with van der Waals surface area (Å²) in [5.41, 5.74) is 6.72. The summed E-state index contributed by atoms with van der Waals surface area (Å²) in [4.78, 5) is 21.0. The van der Waals surface area contributed by atoms with Crippen molar-refractivity contribution < 1.29 is 4.79 Å². The van der Waals surface area contributed by atoms with Crippen LogP contribution in [0.4, 0.5) is 0 Å². The minimum Gasteiger partial charge on any atom is -0.338 e. The fourth-order valence-electron chi connectivity index (χ4n) is 2.91. The first-order valence-corrected chi connectivity index (χ1v) is 9.33. The van der Waals surface area contributed by atoms with Crippen LogP contribution in [-0.4, -0.2) is 35.4 Å². The van der Waals surface area contributed by atoms with E-state index in [1.807, 2.05) is 35.2 Å². The molecule has 1 unspecified atom stereocenters. The van der Waals surface area contributed by atoms with E-state index in [2.05, 4.69) is 11.1 Å². The quantitative estimate of drug-likeness (QED) is 0.792. The van der Waals surface area contributed by atoms with Crippen LogP contribution in [-0.2, 0) is 0 Å². The fourth-order valence-corrected chi connectivity index (χ4v) is 4.90. The second-order valence-corrected chi connectivity index (χ2v) is 7.91. The molecular weight excluding hydrogens is 326 g/mol. The Hall–Kier alpha value is -1.76. The van der Waals surface area contributed by atoms with Gasteiger partial charge < -0.3 is 10.6 Å². The zero-order chi connectivity index (χ0) is 15.8. The first-order valence-electron chi connectivity index (χ1n) is 7.69. The van der Waals surface area contributed by atoms with Gasteiger partial charge >= 0.3 is 0 Å². The molecular formula is C17H17N3OS2. The predicted octanol–water partition coefficient (Wildman–Crippen LogP) is 3.45. The Morgan fingerprint density at radius 2 is 2.13 bits per heavy atom. The van der Waals surface area contributed by atoms with E-state index in [4.69, 9.17) is 5.73 Å². The highest BCUT2D eigenvalue weighted by Crippen LogP contribution is 2.35. The Morgan fingerprint density at radius 3 is 2.91 bits per heavy atom. The van der Waals surface area contributed by atoms with Crippen molar-refractivity contribution in [3.8, 4) is 9.88 Å².